The minimum Gasteiger partial charge on any atom is -0.491 e. The Kier molecular flexibility index (Phi) is 7.41. The molecule has 1 amide bonds. The van der Waals surface area contributed by atoms with E-state index < -0.39 is 0 Å². The van der Waals surface area contributed by atoms with Gasteiger partial charge in [-0.25, -0.2) is 4.39 Å². The van der Waals surface area contributed by atoms with Crippen LogP contribution in [0.1, 0.15) is 25.8 Å². The molecule has 0 aliphatic carbocycles. The quantitative estimate of drug-likeness (QED) is 0.681. The Balaban J connectivity index is 1.64. The van der Waals surface area contributed by atoms with Crippen molar-refractivity contribution in [2.75, 3.05) is 18.4 Å². The molecule has 25 heavy (non-hydrogen) atoms. The van der Waals surface area contributed by atoms with Crippen LogP contribution in [0.25, 0.3) is 0 Å². The van der Waals surface area contributed by atoms with Gasteiger partial charge in [-0.15, -0.1) is 0 Å². The molecule has 0 aliphatic rings. The van der Waals surface area contributed by atoms with Crippen LogP contribution in [-0.2, 0) is 11.2 Å². The Labute approximate surface area is 148 Å². The third-order valence-electron chi connectivity index (χ3n) is 3.57. The smallest absolute Gasteiger partial charge is 0.225 e. The Bertz CT molecular complexity index is 672. The van der Waals surface area contributed by atoms with Gasteiger partial charge in [0, 0.05) is 18.7 Å². The summed E-state index contributed by atoms with van der Waals surface area (Å²) >= 11 is 0. The molecule has 0 spiro atoms. The molecule has 0 radical (unpaired) electrons. The van der Waals surface area contributed by atoms with Crippen LogP contribution in [0.3, 0.4) is 0 Å². The fourth-order valence-corrected chi connectivity index (χ4v) is 2.36. The molecular weight excluding hydrogens is 319 g/mol. The topological polar surface area (TPSA) is 50.4 Å². The standard InChI is InChI=1S/C20H25FN2O2/c1-15(2)25-18-9-7-17(8-10-18)23-20(24)12-14-22-13-11-16-5-3-4-6-19(16)21/h3-10,15,22H,11-14H2,1-2H3,(H,23,24). The van der Waals surface area contributed by atoms with E-state index in [4.69, 9.17) is 4.74 Å². The normalized spacial score (nSPS) is 10.7. The number of halogens is 1. The molecule has 0 aliphatic heterocycles. The highest BCUT2D eigenvalue weighted by Crippen LogP contribution is 2.17. The molecule has 134 valence electrons. The number of carbonyl (C=O) groups is 1. The van der Waals surface area contributed by atoms with Gasteiger partial charge >= 0.3 is 0 Å². The Morgan fingerprint density at radius 3 is 2.48 bits per heavy atom. The summed E-state index contributed by atoms with van der Waals surface area (Å²) in [4.78, 5) is 11.9. The third kappa shape index (κ3) is 6.93. The van der Waals surface area contributed by atoms with Crippen molar-refractivity contribution in [2.24, 2.45) is 0 Å². The summed E-state index contributed by atoms with van der Waals surface area (Å²) in [6, 6.07) is 14.0. The van der Waals surface area contributed by atoms with Crippen molar-refractivity contribution in [3.63, 3.8) is 0 Å². The van der Waals surface area contributed by atoms with Crippen LogP contribution in [0.15, 0.2) is 48.5 Å². The maximum Gasteiger partial charge on any atom is 0.225 e. The molecule has 4 nitrogen and oxygen atoms in total. The van der Waals surface area contributed by atoms with Crippen molar-refractivity contribution >= 4 is 11.6 Å². The van der Waals surface area contributed by atoms with E-state index in [9.17, 15) is 9.18 Å². The molecule has 0 atom stereocenters. The van der Waals surface area contributed by atoms with Gasteiger partial charge in [-0.1, -0.05) is 18.2 Å². The van der Waals surface area contributed by atoms with E-state index in [-0.39, 0.29) is 17.8 Å². The predicted molar refractivity (Wildman–Crippen MR) is 98.4 cm³/mol. The summed E-state index contributed by atoms with van der Waals surface area (Å²) < 4.78 is 19.0. The van der Waals surface area contributed by atoms with Gasteiger partial charge in [0.25, 0.3) is 0 Å². The summed E-state index contributed by atoms with van der Waals surface area (Å²) in [7, 11) is 0. The number of ether oxygens (including phenoxy) is 1. The second kappa shape index (κ2) is 9.79. The summed E-state index contributed by atoms with van der Waals surface area (Å²) in [6.07, 6.45) is 1.09. The lowest BCUT2D eigenvalue weighted by Crippen LogP contribution is -2.23. The maximum atomic E-state index is 13.5. The SMILES string of the molecule is CC(C)Oc1ccc(NC(=O)CCNCCc2ccccc2F)cc1. The van der Waals surface area contributed by atoms with Crippen LogP contribution >= 0.6 is 0 Å². The first kappa shape index (κ1) is 18.9. The zero-order chi connectivity index (χ0) is 18.1. The first-order valence-electron chi connectivity index (χ1n) is 8.55. The second-order valence-electron chi connectivity index (χ2n) is 6.08. The van der Waals surface area contributed by atoms with Gasteiger partial charge in [0.2, 0.25) is 5.91 Å². The highest BCUT2D eigenvalue weighted by Gasteiger charge is 2.04. The van der Waals surface area contributed by atoms with Gasteiger partial charge in [0.05, 0.1) is 6.10 Å². The summed E-state index contributed by atoms with van der Waals surface area (Å²) in [5, 5.41) is 6.01. The average molecular weight is 344 g/mol. The predicted octanol–water partition coefficient (Wildman–Crippen LogP) is 3.77. The fraction of sp³-hybridized carbons (Fsp3) is 0.350. The van der Waals surface area contributed by atoms with Crippen LogP contribution < -0.4 is 15.4 Å². The van der Waals surface area contributed by atoms with E-state index in [1.54, 1.807) is 12.1 Å². The number of carbonyl (C=O) groups excluding carboxylic acids is 1. The van der Waals surface area contributed by atoms with E-state index in [0.29, 0.717) is 31.5 Å². The monoisotopic (exact) mass is 344 g/mol. The van der Waals surface area contributed by atoms with Gasteiger partial charge in [-0.05, 0) is 62.7 Å². The molecule has 0 fully saturated rings. The molecular formula is C20H25FN2O2. The third-order valence-corrected chi connectivity index (χ3v) is 3.57. The molecule has 0 unspecified atom stereocenters. The molecule has 2 aromatic carbocycles. The highest BCUT2D eigenvalue weighted by atomic mass is 19.1. The zero-order valence-electron chi connectivity index (χ0n) is 14.7. The van der Waals surface area contributed by atoms with Gasteiger partial charge < -0.3 is 15.4 Å². The highest BCUT2D eigenvalue weighted by molar-refractivity contribution is 5.90. The van der Waals surface area contributed by atoms with E-state index in [2.05, 4.69) is 10.6 Å². The number of benzene rings is 2. The van der Waals surface area contributed by atoms with Crippen LogP contribution in [-0.4, -0.2) is 25.1 Å². The van der Waals surface area contributed by atoms with Crippen molar-refractivity contribution in [1.82, 2.24) is 5.32 Å². The summed E-state index contributed by atoms with van der Waals surface area (Å²) in [5.41, 5.74) is 1.43. The van der Waals surface area contributed by atoms with Crippen LogP contribution in [0.2, 0.25) is 0 Å². The average Bonchev–Trinajstić information content (AvgIpc) is 2.57. The molecule has 2 rings (SSSR count). The first-order valence-corrected chi connectivity index (χ1v) is 8.55. The van der Waals surface area contributed by atoms with Crippen molar-refractivity contribution in [3.8, 4) is 5.75 Å². The van der Waals surface area contributed by atoms with E-state index >= 15 is 0 Å². The van der Waals surface area contributed by atoms with Gasteiger partial charge in [-0.2, -0.15) is 0 Å². The maximum absolute atomic E-state index is 13.5. The van der Waals surface area contributed by atoms with E-state index in [0.717, 1.165) is 11.4 Å². The largest absolute Gasteiger partial charge is 0.491 e. The lowest BCUT2D eigenvalue weighted by Gasteiger charge is -2.11. The Morgan fingerprint density at radius 2 is 1.80 bits per heavy atom. The van der Waals surface area contributed by atoms with Crippen LogP contribution in [0, 0.1) is 5.82 Å². The number of nitrogens with one attached hydrogen (secondary N) is 2. The zero-order valence-corrected chi connectivity index (χ0v) is 14.7. The van der Waals surface area contributed by atoms with E-state index in [1.807, 2.05) is 44.2 Å². The van der Waals surface area contributed by atoms with Gasteiger partial charge in [-0.3, -0.25) is 4.79 Å². The van der Waals surface area contributed by atoms with Crippen LogP contribution in [0.5, 0.6) is 5.75 Å². The number of hydrogen-bond acceptors (Lipinski definition) is 3. The minimum absolute atomic E-state index is 0.0593. The number of amides is 1. The number of anilines is 1. The second-order valence-corrected chi connectivity index (χ2v) is 6.08. The van der Waals surface area contributed by atoms with Crippen LogP contribution in [0.4, 0.5) is 10.1 Å². The van der Waals surface area contributed by atoms with Gasteiger partial charge in [0.1, 0.15) is 11.6 Å². The van der Waals surface area contributed by atoms with Crippen molar-refractivity contribution in [2.45, 2.75) is 32.8 Å². The lowest BCUT2D eigenvalue weighted by atomic mass is 10.1. The minimum atomic E-state index is -0.188. The Hall–Kier alpha value is -2.40. The number of rotatable bonds is 9. The molecule has 5 heteroatoms. The molecule has 0 heterocycles. The first-order chi connectivity index (χ1) is 12.0. The summed E-state index contributed by atoms with van der Waals surface area (Å²) in [6.45, 7) is 5.12. The molecule has 0 saturated carbocycles. The molecule has 0 aromatic heterocycles. The van der Waals surface area contributed by atoms with Crippen molar-refractivity contribution < 1.29 is 13.9 Å². The lowest BCUT2D eigenvalue weighted by molar-refractivity contribution is -0.116. The molecule has 2 N–H and O–H groups in total. The number of hydrogen-bond donors (Lipinski definition) is 2. The summed E-state index contributed by atoms with van der Waals surface area (Å²) in [5.74, 6) is 0.533. The van der Waals surface area contributed by atoms with Gasteiger partial charge in [0.15, 0.2) is 0 Å². The van der Waals surface area contributed by atoms with Crippen molar-refractivity contribution in [3.05, 3.63) is 59.9 Å². The van der Waals surface area contributed by atoms with Crippen molar-refractivity contribution in [1.29, 1.82) is 0 Å². The fourth-order valence-electron chi connectivity index (χ4n) is 2.36. The Morgan fingerprint density at radius 1 is 1.08 bits per heavy atom. The molecule has 0 saturated heterocycles. The van der Waals surface area contributed by atoms with E-state index in [1.165, 1.54) is 6.07 Å². The molecule has 0 bridgehead atoms. The molecule has 2 aromatic rings.